The average Bonchev–Trinajstić information content (AvgIpc) is 3.52. The fraction of sp³-hybridized carbons (Fsp3) is 0.424. The fourth-order valence-corrected chi connectivity index (χ4v) is 6.02. The Kier molecular flexibility index (Phi) is 10.9. The van der Waals surface area contributed by atoms with Crippen LogP contribution in [0.1, 0.15) is 48.4 Å². The van der Waals surface area contributed by atoms with Crippen LogP contribution in [0.15, 0.2) is 54.6 Å². The molecule has 15 heteroatoms. The van der Waals surface area contributed by atoms with E-state index in [1.54, 1.807) is 43.0 Å². The lowest BCUT2D eigenvalue weighted by Crippen LogP contribution is -2.61. The predicted octanol–water partition coefficient (Wildman–Crippen LogP) is 1.15. The summed E-state index contributed by atoms with van der Waals surface area (Å²) in [6.45, 7) is 5.55. The molecule has 1 fully saturated rings. The summed E-state index contributed by atoms with van der Waals surface area (Å²) in [4.78, 5) is 68.4. The van der Waals surface area contributed by atoms with Crippen LogP contribution in [0.2, 0.25) is 0 Å². The number of aryl methyl sites for hydroxylation is 1. The van der Waals surface area contributed by atoms with E-state index in [-0.39, 0.29) is 57.1 Å². The molecule has 3 aliphatic heterocycles. The lowest BCUT2D eigenvalue weighted by atomic mass is 9.89. The van der Waals surface area contributed by atoms with Gasteiger partial charge in [-0.1, -0.05) is 30.3 Å². The van der Waals surface area contributed by atoms with Gasteiger partial charge in [0.1, 0.15) is 36.2 Å². The lowest BCUT2D eigenvalue weighted by molar-refractivity contribution is -0.143. The molecule has 0 saturated carbocycles. The van der Waals surface area contributed by atoms with Crippen molar-refractivity contribution in [1.82, 2.24) is 34.9 Å². The van der Waals surface area contributed by atoms with Crippen molar-refractivity contribution in [2.75, 3.05) is 26.2 Å². The van der Waals surface area contributed by atoms with Crippen LogP contribution < -0.4 is 30.7 Å². The largest absolute Gasteiger partial charge is 0.492 e. The number of aromatic nitrogens is 2. The Morgan fingerprint density at radius 2 is 1.54 bits per heavy atom. The maximum atomic E-state index is 14.0. The van der Waals surface area contributed by atoms with Gasteiger partial charge < -0.3 is 35.6 Å². The summed E-state index contributed by atoms with van der Waals surface area (Å²) in [5.41, 5.74) is 0.201. The highest BCUT2D eigenvalue weighted by Gasteiger charge is 2.46. The number of carbonyl (C=O) groups excluding carboxylic acids is 5. The molecule has 2 bridgehead atoms. The van der Waals surface area contributed by atoms with Crippen molar-refractivity contribution in [2.24, 2.45) is 0 Å². The molecule has 1 spiro atoms. The zero-order chi connectivity index (χ0) is 34.3. The summed E-state index contributed by atoms with van der Waals surface area (Å²) < 4.78 is 20.4. The van der Waals surface area contributed by atoms with Crippen LogP contribution in [0.4, 0.5) is 0 Å². The van der Waals surface area contributed by atoms with Crippen molar-refractivity contribution < 1.29 is 33.4 Å². The van der Waals surface area contributed by atoms with Crippen molar-refractivity contribution >= 4 is 41.3 Å². The van der Waals surface area contributed by atoms with E-state index in [0.29, 0.717) is 17.2 Å². The molecule has 1 saturated heterocycles. The summed E-state index contributed by atoms with van der Waals surface area (Å²) in [5, 5.41) is 11.0. The van der Waals surface area contributed by atoms with Crippen LogP contribution in [0.25, 0.3) is 0 Å². The number of amides is 5. The second-order valence-corrected chi connectivity index (χ2v) is 12.4. The average molecular weight is 678 g/mol. The lowest BCUT2D eigenvalue weighted by Gasteiger charge is -2.41. The van der Waals surface area contributed by atoms with E-state index in [0.717, 1.165) is 17.3 Å². The number of carbonyl (C=O) groups is 5. The Bertz CT molecular complexity index is 1620. The second-order valence-electron chi connectivity index (χ2n) is 11.9. The first-order chi connectivity index (χ1) is 23.0. The molecule has 0 radical (unpaired) electrons. The highest BCUT2D eigenvalue weighted by Crippen LogP contribution is 2.31. The van der Waals surface area contributed by atoms with Crippen LogP contribution in [-0.2, 0) is 25.6 Å². The molecule has 5 amide bonds. The van der Waals surface area contributed by atoms with Gasteiger partial charge >= 0.3 is 0 Å². The third-order valence-electron chi connectivity index (χ3n) is 8.34. The highest BCUT2D eigenvalue weighted by molar-refractivity contribution is 6.99. The quantitative estimate of drug-likeness (QED) is 0.296. The first-order valence-electron chi connectivity index (χ1n) is 15.8. The van der Waals surface area contributed by atoms with E-state index in [4.69, 9.17) is 9.47 Å². The third-order valence-corrected chi connectivity index (χ3v) is 8.96. The molecule has 0 unspecified atom stereocenters. The standard InChI is InChI=1S/C33H39N7O7S/c1-20-27(39-48-38-20)31(44)40-16-13-33(14-17-40)32(45)36-22(3)29(42)37-26(19-23-7-5-4-6-8-23)30(43)35-21(2)28(41)34-15-18-46-24-9-11-25(47-33)12-10-24/h4-12,21-22,26H,13-19H2,1-3H3,(H,34,41)(H,35,43)(H,36,45)(H,37,42)/t21-,22-,26-/m0/s1. The van der Waals surface area contributed by atoms with Gasteiger partial charge in [0.05, 0.1) is 24.0 Å². The summed E-state index contributed by atoms with van der Waals surface area (Å²) >= 11 is 0.965. The zero-order valence-electron chi connectivity index (χ0n) is 27.0. The van der Waals surface area contributed by atoms with Gasteiger partial charge in [0.15, 0.2) is 11.3 Å². The third kappa shape index (κ3) is 8.26. The minimum absolute atomic E-state index is 0.143. The molecule has 0 aliphatic carbocycles. The molecule has 254 valence electrons. The number of ether oxygens (including phenoxy) is 2. The maximum Gasteiger partial charge on any atom is 0.275 e. The molecular formula is C33H39N7O7S. The summed E-state index contributed by atoms with van der Waals surface area (Å²) in [7, 11) is 0. The normalized spacial score (nSPS) is 22.4. The fourth-order valence-electron chi connectivity index (χ4n) is 5.48. The number of hydrogen-bond acceptors (Lipinski definition) is 10. The smallest absolute Gasteiger partial charge is 0.275 e. The minimum Gasteiger partial charge on any atom is -0.492 e. The number of nitrogens with zero attached hydrogens (tertiary/aromatic N) is 3. The Labute approximate surface area is 282 Å². The van der Waals surface area contributed by atoms with Gasteiger partial charge in [0, 0.05) is 32.4 Å². The number of hydrogen-bond donors (Lipinski definition) is 4. The van der Waals surface area contributed by atoms with Crippen molar-refractivity contribution in [1.29, 1.82) is 0 Å². The molecule has 4 N–H and O–H groups in total. The van der Waals surface area contributed by atoms with Gasteiger partial charge in [-0.3, -0.25) is 24.0 Å². The van der Waals surface area contributed by atoms with Crippen molar-refractivity contribution in [3.05, 3.63) is 71.5 Å². The number of rotatable bonds is 3. The second kappa shape index (κ2) is 15.2. The Balaban J connectivity index is 1.39. The highest BCUT2D eigenvalue weighted by atomic mass is 32.1. The Hall–Kier alpha value is -5.05. The van der Waals surface area contributed by atoms with Gasteiger partial charge in [-0.05, 0) is 50.6 Å². The first kappa shape index (κ1) is 34.3. The summed E-state index contributed by atoms with van der Waals surface area (Å²) in [6, 6.07) is 12.9. The molecule has 3 aliphatic rings. The van der Waals surface area contributed by atoms with Crippen LogP contribution in [-0.4, -0.2) is 93.2 Å². The Morgan fingerprint density at radius 3 is 2.21 bits per heavy atom. The van der Waals surface area contributed by atoms with Gasteiger partial charge in [-0.25, -0.2) is 0 Å². The van der Waals surface area contributed by atoms with E-state index in [9.17, 15) is 24.0 Å². The molecule has 2 aromatic carbocycles. The van der Waals surface area contributed by atoms with Crippen LogP contribution in [0, 0.1) is 6.92 Å². The maximum absolute atomic E-state index is 14.0. The molecule has 4 heterocycles. The molecule has 48 heavy (non-hydrogen) atoms. The van der Waals surface area contributed by atoms with E-state index in [2.05, 4.69) is 30.0 Å². The zero-order valence-corrected chi connectivity index (χ0v) is 27.8. The molecule has 6 rings (SSSR count). The number of likely N-dealkylation sites (tertiary alicyclic amines) is 1. The van der Waals surface area contributed by atoms with Crippen molar-refractivity contribution in [2.45, 2.75) is 63.8 Å². The van der Waals surface area contributed by atoms with E-state index >= 15 is 0 Å². The van der Waals surface area contributed by atoms with Crippen LogP contribution in [0.3, 0.4) is 0 Å². The SMILES string of the molecule is Cc1nsnc1C(=O)N1CCC2(CC1)Oc1ccc(cc1)OCCNC(=O)[C@H](C)NC(=O)[C@H](Cc1ccccc1)NC(=O)[C@H](C)NC2=O. The predicted molar refractivity (Wildman–Crippen MR) is 175 cm³/mol. The first-order valence-corrected chi connectivity index (χ1v) is 16.5. The van der Waals surface area contributed by atoms with Gasteiger partial charge in [-0.2, -0.15) is 8.75 Å². The van der Waals surface area contributed by atoms with E-state index < -0.39 is 47.4 Å². The monoisotopic (exact) mass is 677 g/mol. The molecule has 14 nitrogen and oxygen atoms in total. The van der Waals surface area contributed by atoms with Crippen molar-refractivity contribution in [3.8, 4) is 11.5 Å². The molecule has 3 aromatic rings. The number of benzene rings is 2. The molecular weight excluding hydrogens is 638 g/mol. The van der Waals surface area contributed by atoms with Crippen LogP contribution in [0.5, 0.6) is 11.5 Å². The van der Waals surface area contributed by atoms with Crippen LogP contribution >= 0.6 is 11.7 Å². The summed E-state index contributed by atoms with van der Waals surface area (Å²) in [6.07, 6.45) is 0.441. The van der Waals surface area contributed by atoms with Crippen molar-refractivity contribution in [3.63, 3.8) is 0 Å². The topological polar surface area (TPSA) is 181 Å². The van der Waals surface area contributed by atoms with E-state index in [1.165, 1.54) is 6.92 Å². The molecule has 1 aromatic heterocycles. The van der Waals surface area contributed by atoms with Gasteiger partial charge in [0.25, 0.3) is 11.8 Å². The number of piperidine rings is 1. The number of fused-ring (bicyclic) bond motifs is 15. The van der Waals surface area contributed by atoms with Gasteiger partial charge in [0.2, 0.25) is 17.7 Å². The summed E-state index contributed by atoms with van der Waals surface area (Å²) in [5.74, 6) is -1.45. The minimum atomic E-state index is -1.41. The Morgan fingerprint density at radius 1 is 0.875 bits per heavy atom. The number of nitrogens with one attached hydrogen (secondary N) is 4. The molecule has 3 atom stereocenters. The van der Waals surface area contributed by atoms with Gasteiger partial charge in [-0.15, -0.1) is 0 Å². The van der Waals surface area contributed by atoms with E-state index in [1.807, 2.05) is 30.3 Å².